The number of esters is 1. The van der Waals surface area contributed by atoms with Crippen LogP contribution in [0.5, 0.6) is 0 Å². The molecule has 3 aliphatic heterocycles. The summed E-state index contributed by atoms with van der Waals surface area (Å²) in [6.07, 6.45) is 3.18. The molecular weight excluding hydrogens is 567 g/mol. The van der Waals surface area contributed by atoms with E-state index in [-0.39, 0.29) is 28.9 Å². The highest BCUT2D eigenvalue weighted by Crippen LogP contribution is 2.39. The number of aliphatic carboxylic acids is 1. The van der Waals surface area contributed by atoms with E-state index in [1.807, 2.05) is 5.38 Å². The lowest BCUT2D eigenvalue weighted by Gasteiger charge is -2.49. The van der Waals surface area contributed by atoms with Crippen molar-refractivity contribution in [1.29, 1.82) is 0 Å². The van der Waals surface area contributed by atoms with Crippen LogP contribution >= 0.6 is 27.3 Å². The Morgan fingerprint density at radius 2 is 2.08 bits per heavy atom. The van der Waals surface area contributed by atoms with Crippen molar-refractivity contribution in [2.45, 2.75) is 37.4 Å². The molecular formula is C25H26BrFN4O5S. The first-order valence-electron chi connectivity index (χ1n) is 11.9. The van der Waals surface area contributed by atoms with Crippen molar-refractivity contribution in [3.8, 4) is 0 Å². The number of hydrogen-bond acceptors (Lipinski definition) is 9. The summed E-state index contributed by atoms with van der Waals surface area (Å²) in [5.41, 5.74) is 1.39. The Morgan fingerprint density at radius 1 is 1.32 bits per heavy atom. The topological polar surface area (TPSA) is 113 Å². The third-order valence-corrected chi connectivity index (χ3v) is 8.63. The zero-order valence-electron chi connectivity index (χ0n) is 20.0. The molecule has 5 rings (SSSR count). The number of carboxylic acids is 1. The molecule has 12 heteroatoms. The molecule has 0 saturated carbocycles. The van der Waals surface area contributed by atoms with Crippen LogP contribution in [0.15, 0.2) is 50.5 Å². The number of nitrogens with zero attached hydrogens (tertiary/aromatic N) is 3. The molecule has 4 heterocycles. The molecule has 0 radical (unpaired) electrons. The molecule has 2 bridgehead atoms. The molecule has 2 saturated heterocycles. The molecule has 0 spiro atoms. The molecule has 1 aromatic carbocycles. The van der Waals surface area contributed by atoms with Crippen molar-refractivity contribution in [2.75, 3.05) is 26.9 Å². The number of fused-ring (bicyclic) bond motifs is 2. The van der Waals surface area contributed by atoms with E-state index >= 15 is 0 Å². The lowest BCUT2D eigenvalue weighted by molar-refractivity contribution is -0.141. The number of carboxylic acid groups (broad SMARTS) is 1. The van der Waals surface area contributed by atoms with Crippen LogP contribution < -0.4 is 5.32 Å². The average molecular weight is 593 g/mol. The lowest BCUT2D eigenvalue weighted by Crippen LogP contribution is -2.58. The number of carbonyl (C=O) groups is 2. The SMILES string of the molecule is COC(=O)C1=C(CN2[C@@H]3COC[C@H]2C[C@H](CC(=O)O)C3)NC(c2nccs2)=N[C@H]1c1cccc(F)c1Br. The van der Waals surface area contributed by atoms with Crippen LogP contribution in [-0.4, -0.2) is 71.7 Å². The maximum Gasteiger partial charge on any atom is 0.338 e. The van der Waals surface area contributed by atoms with Crippen molar-refractivity contribution in [3.63, 3.8) is 0 Å². The molecule has 0 amide bonds. The first-order valence-corrected chi connectivity index (χ1v) is 13.6. The van der Waals surface area contributed by atoms with Crippen LogP contribution in [0.2, 0.25) is 0 Å². The van der Waals surface area contributed by atoms with Crippen LogP contribution in [0.3, 0.4) is 0 Å². The molecule has 2 N–H and O–H groups in total. The Kier molecular flexibility index (Phi) is 7.70. The zero-order chi connectivity index (χ0) is 26.1. The maximum atomic E-state index is 14.6. The number of halogens is 2. The second-order valence-electron chi connectivity index (χ2n) is 9.32. The fourth-order valence-electron chi connectivity index (χ4n) is 5.43. The van der Waals surface area contributed by atoms with Gasteiger partial charge in [-0.05, 0) is 46.3 Å². The van der Waals surface area contributed by atoms with Crippen molar-refractivity contribution >= 4 is 45.0 Å². The number of aliphatic imine (C=N–C) groups is 1. The minimum Gasteiger partial charge on any atom is -0.481 e. The van der Waals surface area contributed by atoms with Gasteiger partial charge < -0.3 is 19.9 Å². The lowest BCUT2D eigenvalue weighted by atomic mass is 9.82. The summed E-state index contributed by atoms with van der Waals surface area (Å²) in [5, 5.41) is 15.1. The number of piperidine rings is 1. The van der Waals surface area contributed by atoms with E-state index in [0.717, 1.165) is 0 Å². The Hall–Kier alpha value is -2.67. The molecule has 4 atom stereocenters. The molecule has 2 fully saturated rings. The Bertz CT molecular complexity index is 1240. The van der Waals surface area contributed by atoms with Crippen LogP contribution in [0.4, 0.5) is 4.39 Å². The summed E-state index contributed by atoms with van der Waals surface area (Å²) < 4.78 is 25.8. The van der Waals surface area contributed by atoms with Gasteiger partial charge in [0.05, 0.1) is 30.4 Å². The number of aromatic nitrogens is 1. The first-order chi connectivity index (χ1) is 17.9. The normalized spacial score (nSPS) is 25.9. The van der Waals surface area contributed by atoms with Crippen LogP contribution in [-0.2, 0) is 19.1 Å². The highest BCUT2D eigenvalue weighted by atomic mass is 79.9. The average Bonchev–Trinajstić information content (AvgIpc) is 3.40. The summed E-state index contributed by atoms with van der Waals surface area (Å²) in [6.45, 7) is 1.34. The van der Waals surface area contributed by atoms with E-state index in [0.29, 0.717) is 60.3 Å². The summed E-state index contributed by atoms with van der Waals surface area (Å²) in [4.78, 5) is 36.0. The van der Waals surface area contributed by atoms with Crippen molar-refractivity contribution < 1.29 is 28.6 Å². The predicted octanol–water partition coefficient (Wildman–Crippen LogP) is 3.52. The van der Waals surface area contributed by atoms with Gasteiger partial charge in [0.1, 0.15) is 11.9 Å². The zero-order valence-corrected chi connectivity index (χ0v) is 22.4. The number of rotatable bonds is 7. The number of hydrogen-bond donors (Lipinski definition) is 2. The standard InChI is InChI=1S/C25H26BrFN4O5S/c1-35-25(34)20-18(10-31-14-7-13(9-19(32)33)8-15(31)12-36-11-14)29-23(24-28-5-6-37-24)30-22(20)16-3-2-4-17(27)21(16)26/h2-6,13-15,22H,7-12H2,1H3,(H,29,30)(H,32,33)/t13-,14+,15-,22-/m0/s1. The second kappa shape index (κ2) is 11.0. The fraction of sp³-hybridized carbons (Fsp3) is 0.440. The number of carbonyl (C=O) groups excluding carboxylic acids is 1. The maximum absolute atomic E-state index is 14.6. The van der Waals surface area contributed by atoms with Crippen LogP contribution in [0, 0.1) is 11.7 Å². The fourth-order valence-corrected chi connectivity index (χ4v) is 6.50. The summed E-state index contributed by atoms with van der Waals surface area (Å²) in [7, 11) is 1.31. The number of amidine groups is 1. The number of methoxy groups -OCH3 is 1. The minimum absolute atomic E-state index is 0.00609. The molecule has 1 aromatic heterocycles. The van der Waals surface area contributed by atoms with E-state index < -0.39 is 23.8 Å². The van der Waals surface area contributed by atoms with Gasteiger partial charge in [0.25, 0.3) is 0 Å². The molecule has 0 unspecified atom stereocenters. The number of morpholine rings is 1. The van der Waals surface area contributed by atoms with E-state index in [4.69, 9.17) is 14.5 Å². The highest BCUT2D eigenvalue weighted by Gasteiger charge is 2.42. The van der Waals surface area contributed by atoms with Gasteiger partial charge in [-0.3, -0.25) is 14.7 Å². The molecule has 37 heavy (non-hydrogen) atoms. The molecule has 0 aliphatic carbocycles. The molecule has 2 aromatic rings. The van der Waals surface area contributed by atoms with Crippen molar-refractivity contribution in [3.05, 3.63) is 61.9 Å². The second-order valence-corrected chi connectivity index (χ2v) is 11.0. The van der Waals surface area contributed by atoms with Crippen molar-refractivity contribution in [2.24, 2.45) is 10.9 Å². The molecule has 3 aliphatic rings. The smallest absolute Gasteiger partial charge is 0.338 e. The minimum atomic E-state index is -0.826. The highest BCUT2D eigenvalue weighted by molar-refractivity contribution is 9.10. The van der Waals surface area contributed by atoms with Gasteiger partial charge in [0, 0.05) is 42.3 Å². The van der Waals surface area contributed by atoms with Gasteiger partial charge in [0.2, 0.25) is 0 Å². The van der Waals surface area contributed by atoms with Gasteiger partial charge in [-0.2, -0.15) is 0 Å². The van der Waals surface area contributed by atoms with Gasteiger partial charge >= 0.3 is 11.9 Å². The van der Waals surface area contributed by atoms with Crippen molar-refractivity contribution in [1.82, 2.24) is 15.2 Å². The number of ether oxygens (including phenoxy) is 2. The number of benzene rings is 1. The predicted molar refractivity (Wildman–Crippen MR) is 138 cm³/mol. The monoisotopic (exact) mass is 592 g/mol. The summed E-state index contributed by atoms with van der Waals surface area (Å²) >= 11 is 4.74. The van der Waals surface area contributed by atoms with Gasteiger partial charge in [-0.15, -0.1) is 11.3 Å². The number of thiazole rings is 1. The summed E-state index contributed by atoms with van der Waals surface area (Å²) in [5.74, 6) is -1.26. The Morgan fingerprint density at radius 3 is 2.73 bits per heavy atom. The molecule has 196 valence electrons. The third-order valence-electron chi connectivity index (χ3n) is 7.02. The Balaban J connectivity index is 1.55. The van der Waals surface area contributed by atoms with Gasteiger partial charge in [-0.25, -0.2) is 14.2 Å². The van der Waals surface area contributed by atoms with E-state index in [1.165, 1.54) is 24.5 Å². The number of nitrogens with one attached hydrogen (secondary N) is 1. The van der Waals surface area contributed by atoms with Crippen LogP contribution in [0.25, 0.3) is 0 Å². The van der Waals surface area contributed by atoms with Gasteiger partial charge in [-0.1, -0.05) is 12.1 Å². The Labute approximate surface area is 225 Å². The quantitative estimate of drug-likeness (QED) is 0.470. The van der Waals surface area contributed by atoms with Gasteiger partial charge in [0.15, 0.2) is 10.8 Å². The summed E-state index contributed by atoms with van der Waals surface area (Å²) in [6, 6.07) is 3.84. The van der Waals surface area contributed by atoms with E-state index in [1.54, 1.807) is 18.3 Å². The largest absolute Gasteiger partial charge is 0.481 e. The third kappa shape index (κ3) is 5.33. The molecule has 9 nitrogen and oxygen atoms in total. The van der Waals surface area contributed by atoms with E-state index in [2.05, 4.69) is 31.1 Å². The van der Waals surface area contributed by atoms with E-state index in [9.17, 15) is 19.1 Å². The first kappa shape index (κ1) is 26.0. The van der Waals surface area contributed by atoms with Crippen LogP contribution in [0.1, 0.15) is 35.9 Å².